The summed E-state index contributed by atoms with van der Waals surface area (Å²) in [6.07, 6.45) is 0. The molecule has 0 aliphatic carbocycles. The van der Waals surface area contributed by atoms with Crippen LogP contribution in [0.2, 0.25) is 0 Å². The van der Waals surface area contributed by atoms with E-state index in [0.717, 1.165) is 5.69 Å². The Bertz CT molecular complexity index is 351. The van der Waals surface area contributed by atoms with Crippen LogP contribution in [0.3, 0.4) is 0 Å². The van der Waals surface area contributed by atoms with Gasteiger partial charge in [0.25, 0.3) is 5.69 Å². The third kappa shape index (κ3) is 1.33. The molecular weight excluding hydrogens is 172 g/mol. The summed E-state index contributed by atoms with van der Waals surface area (Å²) in [5.41, 5.74) is 1.53. The highest BCUT2D eigenvalue weighted by Crippen LogP contribution is 2.29. The number of nitro groups is 1. The first-order valence-corrected chi connectivity index (χ1v) is 3.87. The summed E-state index contributed by atoms with van der Waals surface area (Å²) in [6.45, 7) is 0.716. The van der Waals surface area contributed by atoms with E-state index in [1.165, 1.54) is 6.07 Å². The summed E-state index contributed by atoms with van der Waals surface area (Å²) in [7, 11) is 0. The smallest absolute Gasteiger partial charge is 0.277 e. The minimum Gasteiger partial charge on any atom is -0.362 e. The average molecular weight is 180 g/mol. The Morgan fingerprint density at radius 1 is 1.54 bits per heavy atom. The summed E-state index contributed by atoms with van der Waals surface area (Å²) in [5.74, 6) is 0. The Labute approximate surface area is 74.5 Å². The van der Waals surface area contributed by atoms with Crippen molar-refractivity contribution in [2.75, 3.05) is 12.0 Å². The predicted molar refractivity (Wildman–Crippen MR) is 46.4 cm³/mol. The molecule has 0 radical (unpaired) electrons. The van der Waals surface area contributed by atoms with Gasteiger partial charge in [0.1, 0.15) is 6.73 Å². The molecule has 0 bridgehead atoms. The Kier molecular flexibility index (Phi) is 1.86. The molecule has 1 N–H and O–H groups in total. The summed E-state index contributed by atoms with van der Waals surface area (Å²) >= 11 is 0. The number of nitrogens with one attached hydrogen (secondary N) is 1. The first-order chi connectivity index (χ1) is 6.29. The van der Waals surface area contributed by atoms with Crippen molar-refractivity contribution in [3.05, 3.63) is 33.9 Å². The highest BCUT2D eigenvalue weighted by molar-refractivity contribution is 5.60. The molecule has 0 saturated carbocycles. The normalized spacial score (nSPS) is 14.5. The topological polar surface area (TPSA) is 64.4 Å². The van der Waals surface area contributed by atoms with Crippen molar-refractivity contribution in [2.24, 2.45) is 0 Å². The molecule has 13 heavy (non-hydrogen) atoms. The molecule has 0 spiro atoms. The Morgan fingerprint density at radius 2 is 2.38 bits per heavy atom. The number of hydrogen-bond donors (Lipinski definition) is 1. The van der Waals surface area contributed by atoms with Crippen LogP contribution in [0.25, 0.3) is 0 Å². The second-order valence-electron chi connectivity index (χ2n) is 2.73. The standard InChI is InChI=1S/C8H8N2O3/c11-10(12)8-3-1-2-7-6(8)4-13-5-9-7/h1-3,9H,4-5H2. The van der Waals surface area contributed by atoms with Gasteiger partial charge in [0.05, 0.1) is 17.1 Å². The van der Waals surface area contributed by atoms with E-state index in [4.69, 9.17) is 4.74 Å². The van der Waals surface area contributed by atoms with Crippen LogP contribution in [-0.4, -0.2) is 11.7 Å². The molecule has 0 fully saturated rings. The van der Waals surface area contributed by atoms with E-state index < -0.39 is 4.92 Å². The van der Waals surface area contributed by atoms with Crippen LogP contribution in [0.4, 0.5) is 11.4 Å². The zero-order chi connectivity index (χ0) is 9.26. The molecule has 1 aromatic rings. The quantitative estimate of drug-likeness (QED) is 0.525. The number of anilines is 1. The molecule has 1 aliphatic rings. The molecule has 68 valence electrons. The van der Waals surface area contributed by atoms with E-state index in [1.54, 1.807) is 6.07 Å². The summed E-state index contributed by atoms with van der Waals surface area (Å²) < 4.78 is 5.07. The fourth-order valence-electron chi connectivity index (χ4n) is 1.34. The molecule has 0 amide bonds. The first kappa shape index (κ1) is 8.00. The lowest BCUT2D eigenvalue weighted by Crippen LogP contribution is -2.15. The zero-order valence-corrected chi connectivity index (χ0v) is 6.82. The van der Waals surface area contributed by atoms with Crippen LogP contribution in [0.5, 0.6) is 0 Å². The van der Waals surface area contributed by atoms with E-state index >= 15 is 0 Å². The summed E-state index contributed by atoms with van der Waals surface area (Å²) in [6, 6.07) is 4.95. The van der Waals surface area contributed by atoms with Crippen LogP contribution in [0.1, 0.15) is 5.56 Å². The van der Waals surface area contributed by atoms with Gasteiger partial charge in [0.2, 0.25) is 0 Å². The van der Waals surface area contributed by atoms with Crippen molar-refractivity contribution in [3.8, 4) is 0 Å². The maximum absolute atomic E-state index is 10.6. The molecule has 5 nitrogen and oxygen atoms in total. The molecule has 5 heteroatoms. The number of nitrogens with zero attached hydrogens (tertiary/aromatic N) is 1. The van der Waals surface area contributed by atoms with Crippen LogP contribution < -0.4 is 5.32 Å². The Balaban J connectivity index is 2.52. The second-order valence-corrected chi connectivity index (χ2v) is 2.73. The molecule has 0 aromatic heterocycles. The maximum Gasteiger partial charge on any atom is 0.277 e. The van der Waals surface area contributed by atoms with Crippen molar-refractivity contribution in [1.29, 1.82) is 0 Å². The molecule has 1 aromatic carbocycles. The van der Waals surface area contributed by atoms with E-state index in [9.17, 15) is 10.1 Å². The van der Waals surface area contributed by atoms with Crippen molar-refractivity contribution in [2.45, 2.75) is 6.61 Å². The van der Waals surface area contributed by atoms with Gasteiger partial charge in [-0.1, -0.05) is 6.07 Å². The number of nitro benzene ring substituents is 1. The molecule has 1 aliphatic heterocycles. The van der Waals surface area contributed by atoms with Gasteiger partial charge in [-0.05, 0) is 6.07 Å². The highest BCUT2D eigenvalue weighted by Gasteiger charge is 2.19. The minimum atomic E-state index is -0.394. The Morgan fingerprint density at radius 3 is 3.15 bits per heavy atom. The van der Waals surface area contributed by atoms with Crippen LogP contribution >= 0.6 is 0 Å². The van der Waals surface area contributed by atoms with Crippen LogP contribution in [0, 0.1) is 10.1 Å². The monoisotopic (exact) mass is 180 g/mol. The van der Waals surface area contributed by atoms with Gasteiger partial charge in [-0.25, -0.2) is 0 Å². The van der Waals surface area contributed by atoms with E-state index in [-0.39, 0.29) is 5.69 Å². The number of rotatable bonds is 1. The van der Waals surface area contributed by atoms with Gasteiger partial charge in [-0.15, -0.1) is 0 Å². The highest BCUT2D eigenvalue weighted by atomic mass is 16.6. The van der Waals surface area contributed by atoms with Crippen molar-refractivity contribution >= 4 is 11.4 Å². The largest absolute Gasteiger partial charge is 0.362 e. The molecule has 0 saturated heterocycles. The molecule has 1 heterocycles. The van der Waals surface area contributed by atoms with Gasteiger partial charge >= 0.3 is 0 Å². The lowest BCUT2D eigenvalue weighted by Gasteiger charge is -2.17. The van der Waals surface area contributed by atoms with Crippen molar-refractivity contribution in [3.63, 3.8) is 0 Å². The molecule has 0 atom stereocenters. The van der Waals surface area contributed by atoms with Gasteiger partial charge in [-0.3, -0.25) is 10.1 Å². The Hall–Kier alpha value is -1.62. The fraction of sp³-hybridized carbons (Fsp3) is 0.250. The lowest BCUT2D eigenvalue weighted by atomic mass is 10.1. The molecule has 0 unspecified atom stereocenters. The van der Waals surface area contributed by atoms with Crippen LogP contribution in [0.15, 0.2) is 18.2 Å². The van der Waals surface area contributed by atoms with Gasteiger partial charge < -0.3 is 10.1 Å². The molecule has 2 rings (SSSR count). The van der Waals surface area contributed by atoms with Gasteiger partial charge in [0.15, 0.2) is 0 Å². The van der Waals surface area contributed by atoms with Crippen molar-refractivity contribution in [1.82, 2.24) is 0 Å². The third-order valence-electron chi connectivity index (χ3n) is 1.96. The first-order valence-electron chi connectivity index (χ1n) is 3.87. The number of benzene rings is 1. The zero-order valence-electron chi connectivity index (χ0n) is 6.82. The van der Waals surface area contributed by atoms with Crippen molar-refractivity contribution < 1.29 is 9.66 Å². The number of hydrogen-bond acceptors (Lipinski definition) is 4. The van der Waals surface area contributed by atoms with Crippen LogP contribution in [-0.2, 0) is 11.3 Å². The van der Waals surface area contributed by atoms with E-state index in [1.807, 2.05) is 6.07 Å². The minimum absolute atomic E-state index is 0.115. The van der Waals surface area contributed by atoms with Gasteiger partial charge in [-0.2, -0.15) is 0 Å². The maximum atomic E-state index is 10.6. The third-order valence-corrected chi connectivity index (χ3v) is 1.96. The number of ether oxygens (including phenoxy) is 1. The van der Waals surface area contributed by atoms with Gasteiger partial charge in [0, 0.05) is 11.8 Å². The average Bonchev–Trinajstić information content (AvgIpc) is 2.17. The second kappa shape index (κ2) is 3.02. The lowest BCUT2D eigenvalue weighted by molar-refractivity contribution is -0.385. The van der Waals surface area contributed by atoms with E-state index in [2.05, 4.69) is 5.32 Å². The fourth-order valence-corrected chi connectivity index (χ4v) is 1.34. The summed E-state index contributed by atoms with van der Waals surface area (Å²) in [5, 5.41) is 13.5. The SMILES string of the molecule is O=[N+]([O-])c1cccc2c1COCN2. The molecular formula is C8H8N2O3. The van der Waals surface area contributed by atoms with E-state index in [0.29, 0.717) is 18.9 Å². The number of fused-ring (bicyclic) bond motifs is 1. The summed E-state index contributed by atoms with van der Waals surface area (Å²) in [4.78, 5) is 10.2. The predicted octanol–water partition coefficient (Wildman–Crippen LogP) is 1.49.